The minimum Gasteiger partial charge on any atom is -0.496 e. The van der Waals surface area contributed by atoms with E-state index in [9.17, 15) is 4.79 Å². The molecule has 5 heteroatoms. The largest absolute Gasteiger partial charge is 0.496 e. The predicted molar refractivity (Wildman–Crippen MR) is 157 cm³/mol. The van der Waals surface area contributed by atoms with Crippen LogP contribution < -0.4 is 10.1 Å². The summed E-state index contributed by atoms with van der Waals surface area (Å²) in [5.41, 5.74) is 7.20. The van der Waals surface area contributed by atoms with Gasteiger partial charge in [0.15, 0.2) is 0 Å². The third-order valence-corrected chi connectivity index (χ3v) is 6.34. The van der Waals surface area contributed by atoms with Gasteiger partial charge in [0.2, 0.25) is 0 Å². The molecule has 4 rings (SSSR count). The van der Waals surface area contributed by atoms with E-state index in [4.69, 9.17) is 4.74 Å². The maximum absolute atomic E-state index is 12.8. The highest BCUT2D eigenvalue weighted by Crippen LogP contribution is 2.40. The maximum Gasteiger partial charge on any atom is 0.256 e. The minimum atomic E-state index is -0.113. The van der Waals surface area contributed by atoms with Crippen molar-refractivity contribution in [1.82, 2.24) is 9.88 Å². The molecule has 3 aromatic rings. The number of methoxy groups -OCH3 is 1. The summed E-state index contributed by atoms with van der Waals surface area (Å²) in [6.45, 7) is 6.35. The van der Waals surface area contributed by atoms with Gasteiger partial charge in [-0.3, -0.25) is 4.79 Å². The molecule has 2 heterocycles. The van der Waals surface area contributed by atoms with Gasteiger partial charge in [-0.05, 0) is 79.4 Å². The highest BCUT2D eigenvalue weighted by atomic mass is 16.5. The molecule has 0 atom stereocenters. The van der Waals surface area contributed by atoms with Crippen molar-refractivity contribution in [2.24, 2.45) is 0 Å². The Bertz CT molecular complexity index is 1310. The quantitative estimate of drug-likeness (QED) is 0.275. The fraction of sp³-hybridized carbons (Fsp3) is 0.312. The molecule has 0 radical (unpaired) electrons. The minimum absolute atomic E-state index is 0. The maximum atomic E-state index is 12.8. The van der Waals surface area contributed by atoms with Crippen molar-refractivity contribution in [3.05, 3.63) is 77.1 Å². The number of nitrogens with zero attached hydrogens (tertiary/aromatic N) is 2. The first-order valence-corrected chi connectivity index (χ1v) is 12.5. The van der Waals surface area contributed by atoms with Gasteiger partial charge in [0.05, 0.1) is 7.11 Å². The van der Waals surface area contributed by atoms with Crippen molar-refractivity contribution in [1.29, 1.82) is 0 Å². The number of anilines is 1. The second-order valence-electron chi connectivity index (χ2n) is 8.95. The summed E-state index contributed by atoms with van der Waals surface area (Å²) < 4.78 is 5.66. The number of fused-ring (bicyclic) bond motifs is 1. The Balaban J connectivity index is 0.00000253. The molecule has 2 aromatic carbocycles. The lowest BCUT2D eigenvalue weighted by Gasteiger charge is -2.14. The number of amides is 1. The van der Waals surface area contributed by atoms with E-state index < -0.39 is 0 Å². The van der Waals surface area contributed by atoms with Crippen LogP contribution in [-0.2, 0) is 11.2 Å². The molecule has 1 aromatic heterocycles. The number of benzene rings is 2. The molecule has 0 saturated carbocycles. The molecule has 1 amide bonds. The summed E-state index contributed by atoms with van der Waals surface area (Å²) in [5, 5.41) is 2.98. The molecular weight excluding hydrogens is 458 g/mol. The predicted octanol–water partition coefficient (Wildman–Crippen LogP) is 6.78. The normalized spacial score (nSPS) is 13.0. The molecule has 37 heavy (non-hydrogen) atoms. The highest BCUT2D eigenvalue weighted by molar-refractivity contribution is 6.35. The van der Waals surface area contributed by atoms with Gasteiger partial charge in [-0.25, -0.2) is 4.98 Å². The van der Waals surface area contributed by atoms with Crippen LogP contribution in [0.3, 0.4) is 0 Å². The summed E-state index contributed by atoms with van der Waals surface area (Å²) in [5.74, 6) is 7.05. The van der Waals surface area contributed by atoms with Crippen molar-refractivity contribution in [2.75, 3.05) is 32.6 Å². The number of aromatic nitrogens is 1. The van der Waals surface area contributed by atoms with E-state index in [1.807, 2.05) is 42.5 Å². The van der Waals surface area contributed by atoms with Crippen molar-refractivity contribution in [2.45, 2.75) is 40.5 Å². The van der Waals surface area contributed by atoms with Gasteiger partial charge < -0.3 is 15.0 Å². The number of pyridine rings is 1. The standard InChI is InChI=1S/C31H33N3O2.CH4.H2/c1-5-17-34(3)18-8-7-11-25-15-13-22(21-32-25)19-27-26-20-24(14-16-28(26)33-31(27)35)30-23(6-2)10-9-12-29(30)36-4;;/h9-10,12-16,19-21H,5-6,8,17-18H2,1-4H3,(H,33,35);1H4;1H/b27-19-;;. The third-order valence-electron chi connectivity index (χ3n) is 6.34. The zero-order chi connectivity index (χ0) is 25.5. The Labute approximate surface area is 223 Å². The first-order chi connectivity index (χ1) is 17.5. The molecule has 1 aliphatic heterocycles. The number of aryl methyl sites for hydroxylation is 1. The second-order valence-corrected chi connectivity index (χ2v) is 8.95. The van der Waals surface area contributed by atoms with E-state index in [1.165, 1.54) is 5.56 Å². The lowest BCUT2D eigenvalue weighted by atomic mass is 9.94. The van der Waals surface area contributed by atoms with Crippen molar-refractivity contribution in [3.8, 4) is 28.7 Å². The lowest BCUT2D eigenvalue weighted by molar-refractivity contribution is -0.110. The van der Waals surface area contributed by atoms with Crippen LogP contribution in [0.1, 0.15) is 57.9 Å². The van der Waals surface area contributed by atoms with Crippen LogP contribution in [-0.4, -0.2) is 43.0 Å². The van der Waals surface area contributed by atoms with Crippen molar-refractivity contribution < 1.29 is 11.0 Å². The molecule has 1 aliphatic rings. The molecule has 0 aliphatic carbocycles. The van der Waals surface area contributed by atoms with E-state index in [0.29, 0.717) is 5.57 Å². The summed E-state index contributed by atoms with van der Waals surface area (Å²) in [6.07, 6.45) is 6.50. The van der Waals surface area contributed by atoms with Gasteiger partial charge >= 0.3 is 0 Å². The molecule has 194 valence electrons. The van der Waals surface area contributed by atoms with E-state index in [2.05, 4.69) is 60.1 Å². The number of carbonyl (C=O) groups excluding carboxylic acids is 1. The lowest BCUT2D eigenvalue weighted by Crippen LogP contribution is -2.19. The Morgan fingerprint density at radius 3 is 2.68 bits per heavy atom. The fourth-order valence-electron chi connectivity index (χ4n) is 4.48. The van der Waals surface area contributed by atoms with E-state index in [1.54, 1.807) is 13.3 Å². The Morgan fingerprint density at radius 1 is 1.14 bits per heavy atom. The highest BCUT2D eigenvalue weighted by Gasteiger charge is 2.25. The molecule has 0 spiro atoms. The second kappa shape index (κ2) is 12.9. The topological polar surface area (TPSA) is 54.5 Å². The van der Waals surface area contributed by atoms with Crippen LogP contribution in [0, 0.1) is 11.8 Å². The average molecular weight is 498 g/mol. The molecule has 0 bridgehead atoms. The van der Waals surface area contributed by atoms with Crippen LogP contribution in [0.15, 0.2) is 54.7 Å². The summed E-state index contributed by atoms with van der Waals surface area (Å²) in [7, 11) is 3.80. The number of rotatable bonds is 8. The smallest absolute Gasteiger partial charge is 0.256 e. The summed E-state index contributed by atoms with van der Waals surface area (Å²) in [6, 6.07) is 16.0. The number of ether oxygens (including phenoxy) is 1. The monoisotopic (exact) mass is 497 g/mol. The number of hydrogen-bond acceptors (Lipinski definition) is 4. The molecule has 5 nitrogen and oxygen atoms in total. The third kappa shape index (κ3) is 6.47. The Morgan fingerprint density at radius 2 is 1.97 bits per heavy atom. The van der Waals surface area contributed by atoms with E-state index in [-0.39, 0.29) is 14.8 Å². The first-order valence-electron chi connectivity index (χ1n) is 12.5. The number of carbonyl (C=O) groups is 1. The van der Waals surface area contributed by atoms with Gasteiger partial charge in [0, 0.05) is 43.0 Å². The van der Waals surface area contributed by atoms with Crippen molar-refractivity contribution in [3.63, 3.8) is 0 Å². The van der Waals surface area contributed by atoms with Crippen LogP contribution in [0.4, 0.5) is 5.69 Å². The van der Waals surface area contributed by atoms with Crippen LogP contribution in [0.25, 0.3) is 22.8 Å². The SMILES string of the molecule is C.CCCN(C)CCC#Cc1ccc(/C=C2\C(=O)Nc3ccc(-c4c(CC)cccc4OC)cc32)cn1.[HH]. The van der Waals surface area contributed by atoms with Gasteiger partial charge in [0.25, 0.3) is 5.91 Å². The van der Waals surface area contributed by atoms with Crippen LogP contribution >= 0.6 is 0 Å². The molecule has 0 fully saturated rings. The van der Waals surface area contributed by atoms with Gasteiger partial charge in [-0.1, -0.05) is 51.5 Å². The zero-order valence-corrected chi connectivity index (χ0v) is 21.5. The number of hydrogen-bond donors (Lipinski definition) is 1. The number of nitrogens with one attached hydrogen (secondary N) is 1. The Kier molecular flexibility index (Phi) is 9.65. The molecule has 1 N–H and O–H groups in total. The van der Waals surface area contributed by atoms with Gasteiger partial charge in [0.1, 0.15) is 11.4 Å². The van der Waals surface area contributed by atoms with Gasteiger partial charge in [-0.15, -0.1) is 0 Å². The molecular formula is C32H39N3O2. The van der Waals surface area contributed by atoms with Crippen LogP contribution in [0.2, 0.25) is 0 Å². The van der Waals surface area contributed by atoms with E-state index in [0.717, 1.165) is 71.7 Å². The van der Waals surface area contributed by atoms with Crippen molar-refractivity contribution >= 4 is 23.2 Å². The Hall–Kier alpha value is -3.88. The van der Waals surface area contributed by atoms with Crippen LogP contribution in [0.5, 0.6) is 5.75 Å². The first kappa shape index (κ1) is 27.7. The molecule has 0 unspecified atom stereocenters. The summed E-state index contributed by atoms with van der Waals surface area (Å²) >= 11 is 0. The fourth-order valence-corrected chi connectivity index (χ4v) is 4.48. The average Bonchev–Trinajstić information content (AvgIpc) is 3.21. The summed E-state index contributed by atoms with van der Waals surface area (Å²) in [4.78, 5) is 19.6. The van der Waals surface area contributed by atoms with E-state index >= 15 is 0 Å². The molecule has 0 saturated heterocycles. The van der Waals surface area contributed by atoms with Gasteiger partial charge in [-0.2, -0.15) is 0 Å². The zero-order valence-electron chi connectivity index (χ0n) is 21.5.